The molecule has 2 rings (SSSR count). The number of ether oxygens (including phenoxy) is 1. The van der Waals surface area contributed by atoms with Crippen LogP contribution in [0.3, 0.4) is 0 Å². The van der Waals surface area contributed by atoms with Crippen LogP contribution in [0.1, 0.15) is 51.0 Å². The van der Waals surface area contributed by atoms with Crippen molar-refractivity contribution in [1.29, 1.82) is 0 Å². The van der Waals surface area contributed by atoms with E-state index < -0.39 is 0 Å². The summed E-state index contributed by atoms with van der Waals surface area (Å²) in [5, 5.41) is 12.8. The number of likely N-dealkylation sites (N-methyl/N-ethyl adjacent to an activating group) is 1. The van der Waals surface area contributed by atoms with Crippen LogP contribution in [0.25, 0.3) is 0 Å². The molecule has 1 fully saturated rings. The van der Waals surface area contributed by atoms with Gasteiger partial charge in [0.2, 0.25) is 0 Å². The average molecular weight is 277 g/mol. The Morgan fingerprint density at radius 3 is 2.80 bits per heavy atom. The molecule has 2 N–H and O–H groups in total. The maximum atomic E-state index is 9.56. The predicted molar refractivity (Wildman–Crippen MR) is 82.3 cm³/mol. The van der Waals surface area contributed by atoms with Gasteiger partial charge in [0, 0.05) is 12.0 Å². The summed E-state index contributed by atoms with van der Waals surface area (Å²) in [7, 11) is 1.92. The van der Waals surface area contributed by atoms with Crippen LogP contribution in [-0.4, -0.2) is 30.4 Å². The highest BCUT2D eigenvalue weighted by Crippen LogP contribution is 2.35. The Kier molecular flexibility index (Phi) is 5.06. The zero-order valence-electron chi connectivity index (χ0n) is 12.9. The molecule has 1 aliphatic rings. The molecule has 112 valence electrons. The highest BCUT2D eigenvalue weighted by molar-refractivity contribution is 5.36. The number of aliphatic hydroxyl groups is 1. The summed E-state index contributed by atoms with van der Waals surface area (Å²) in [6, 6.07) is 8.35. The molecule has 1 aromatic rings. The summed E-state index contributed by atoms with van der Waals surface area (Å²) < 4.78 is 6.24. The van der Waals surface area contributed by atoms with E-state index in [0.29, 0.717) is 5.92 Å². The van der Waals surface area contributed by atoms with Gasteiger partial charge in [-0.2, -0.15) is 0 Å². The maximum absolute atomic E-state index is 9.56. The summed E-state index contributed by atoms with van der Waals surface area (Å²) in [6.07, 6.45) is 4.14. The van der Waals surface area contributed by atoms with E-state index in [9.17, 15) is 5.11 Å². The molecule has 0 heterocycles. The summed E-state index contributed by atoms with van der Waals surface area (Å²) in [4.78, 5) is 0. The lowest BCUT2D eigenvalue weighted by Gasteiger charge is -2.26. The molecular weight excluding hydrogens is 250 g/mol. The second kappa shape index (κ2) is 6.59. The van der Waals surface area contributed by atoms with Gasteiger partial charge in [0.05, 0.1) is 6.61 Å². The fraction of sp³-hybridized carbons (Fsp3) is 0.647. The number of para-hydroxylation sites is 1. The van der Waals surface area contributed by atoms with Gasteiger partial charge in [-0.05, 0) is 43.9 Å². The number of nitrogens with one attached hydrogen (secondary N) is 1. The molecule has 0 aromatic heterocycles. The van der Waals surface area contributed by atoms with E-state index in [4.69, 9.17) is 4.74 Å². The van der Waals surface area contributed by atoms with Crippen molar-refractivity contribution in [2.24, 2.45) is 0 Å². The Labute approximate surface area is 122 Å². The third-order valence-corrected chi connectivity index (χ3v) is 4.75. The molecule has 3 atom stereocenters. The standard InChI is InChI=1S/C17H27NO2/c1-4-13(2)15-7-5-6-8-16(15)20-14-9-10-17(11-14,12-19)18-3/h5-8,13-14,18-19H,4,9-12H2,1-3H3. The normalized spacial score (nSPS) is 27.5. The third kappa shape index (κ3) is 3.15. The number of benzene rings is 1. The molecule has 0 bridgehead atoms. The number of hydrogen-bond acceptors (Lipinski definition) is 3. The first kappa shape index (κ1) is 15.3. The van der Waals surface area contributed by atoms with Crippen LogP contribution in [0.4, 0.5) is 0 Å². The van der Waals surface area contributed by atoms with Crippen LogP contribution in [0.5, 0.6) is 5.75 Å². The molecular formula is C17H27NO2. The van der Waals surface area contributed by atoms with Crippen LogP contribution in [0.15, 0.2) is 24.3 Å². The van der Waals surface area contributed by atoms with E-state index in [-0.39, 0.29) is 18.2 Å². The van der Waals surface area contributed by atoms with E-state index in [1.165, 1.54) is 5.56 Å². The monoisotopic (exact) mass is 277 g/mol. The van der Waals surface area contributed by atoms with E-state index in [1.54, 1.807) is 0 Å². The van der Waals surface area contributed by atoms with E-state index >= 15 is 0 Å². The summed E-state index contributed by atoms with van der Waals surface area (Å²) in [5.41, 5.74) is 1.14. The second-order valence-electron chi connectivity index (χ2n) is 6.02. The van der Waals surface area contributed by atoms with Gasteiger partial charge in [0.15, 0.2) is 0 Å². The van der Waals surface area contributed by atoms with E-state index in [2.05, 4.69) is 37.4 Å². The first-order valence-electron chi connectivity index (χ1n) is 7.69. The van der Waals surface area contributed by atoms with Crippen molar-refractivity contribution in [2.45, 2.75) is 57.1 Å². The number of aliphatic hydroxyl groups excluding tert-OH is 1. The molecule has 20 heavy (non-hydrogen) atoms. The fourth-order valence-electron chi connectivity index (χ4n) is 3.02. The van der Waals surface area contributed by atoms with Gasteiger partial charge in [0.1, 0.15) is 11.9 Å². The quantitative estimate of drug-likeness (QED) is 0.839. The van der Waals surface area contributed by atoms with Crippen molar-refractivity contribution >= 4 is 0 Å². The zero-order valence-corrected chi connectivity index (χ0v) is 12.9. The predicted octanol–water partition coefficient (Wildman–Crippen LogP) is 3.08. The van der Waals surface area contributed by atoms with Crippen molar-refractivity contribution in [3.8, 4) is 5.75 Å². The summed E-state index contributed by atoms with van der Waals surface area (Å²) >= 11 is 0. The Morgan fingerprint density at radius 1 is 1.45 bits per heavy atom. The topological polar surface area (TPSA) is 41.5 Å². The lowest BCUT2D eigenvalue weighted by atomic mass is 9.97. The van der Waals surface area contributed by atoms with Gasteiger partial charge in [0.25, 0.3) is 0 Å². The molecule has 1 aromatic carbocycles. The Hall–Kier alpha value is -1.06. The number of hydrogen-bond donors (Lipinski definition) is 2. The molecule has 0 saturated heterocycles. The minimum absolute atomic E-state index is 0.157. The first-order valence-corrected chi connectivity index (χ1v) is 7.69. The van der Waals surface area contributed by atoms with Gasteiger partial charge in [-0.25, -0.2) is 0 Å². The average Bonchev–Trinajstić information content (AvgIpc) is 2.91. The Morgan fingerprint density at radius 2 is 2.20 bits per heavy atom. The van der Waals surface area contributed by atoms with Crippen molar-refractivity contribution in [2.75, 3.05) is 13.7 Å². The Balaban J connectivity index is 2.08. The minimum Gasteiger partial charge on any atom is -0.490 e. The van der Waals surface area contributed by atoms with Crippen molar-refractivity contribution in [1.82, 2.24) is 5.32 Å². The highest BCUT2D eigenvalue weighted by atomic mass is 16.5. The molecule has 3 heteroatoms. The third-order valence-electron chi connectivity index (χ3n) is 4.75. The van der Waals surface area contributed by atoms with Crippen molar-refractivity contribution < 1.29 is 9.84 Å². The largest absolute Gasteiger partial charge is 0.490 e. The molecule has 0 aliphatic heterocycles. The van der Waals surface area contributed by atoms with Gasteiger partial charge >= 0.3 is 0 Å². The van der Waals surface area contributed by atoms with Crippen LogP contribution in [0.2, 0.25) is 0 Å². The highest BCUT2D eigenvalue weighted by Gasteiger charge is 2.38. The van der Waals surface area contributed by atoms with Gasteiger partial charge in [-0.15, -0.1) is 0 Å². The fourth-order valence-corrected chi connectivity index (χ4v) is 3.02. The SMILES string of the molecule is CCC(C)c1ccccc1OC1CCC(CO)(NC)C1. The zero-order chi connectivity index (χ0) is 14.6. The molecule has 3 unspecified atom stereocenters. The van der Waals surface area contributed by atoms with Crippen LogP contribution < -0.4 is 10.1 Å². The molecule has 0 amide bonds. The molecule has 0 radical (unpaired) electrons. The van der Waals surface area contributed by atoms with Crippen molar-refractivity contribution in [3.63, 3.8) is 0 Å². The smallest absolute Gasteiger partial charge is 0.123 e. The molecule has 1 saturated carbocycles. The minimum atomic E-state index is -0.157. The second-order valence-corrected chi connectivity index (χ2v) is 6.02. The maximum Gasteiger partial charge on any atom is 0.123 e. The molecule has 1 aliphatic carbocycles. The number of rotatable bonds is 6. The lowest BCUT2D eigenvalue weighted by Crippen LogP contribution is -2.44. The van der Waals surface area contributed by atoms with Crippen LogP contribution in [0, 0.1) is 0 Å². The molecule has 3 nitrogen and oxygen atoms in total. The Bertz CT molecular complexity index is 429. The summed E-state index contributed by atoms with van der Waals surface area (Å²) in [5.74, 6) is 1.52. The summed E-state index contributed by atoms with van der Waals surface area (Å²) in [6.45, 7) is 4.62. The lowest BCUT2D eigenvalue weighted by molar-refractivity contribution is 0.146. The van der Waals surface area contributed by atoms with E-state index in [0.717, 1.165) is 31.4 Å². The van der Waals surface area contributed by atoms with Gasteiger partial charge in [-0.3, -0.25) is 0 Å². The molecule has 0 spiro atoms. The van der Waals surface area contributed by atoms with Crippen LogP contribution in [-0.2, 0) is 0 Å². The first-order chi connectivity index (χ1) is 9.64. The van der Waals surface area contributed by atoms with Crippen LogP contribution >= 0.6 is 0 Å². The van der Waals surface area contributed by atoms with Crippen molar-refractivity contribution in [3.05, 3.63) is 29.8 Å². The van der Waals surface area contributed by atoms with Gasteiger partial charge < -0.3 is 15.2 Å². The van der Waals surface area contributed by atoms with Gasteiger partial charge in [-0.1, -0.05) is 32.0 Å². The van der Waals surface area contributed by atoms with E-state index in [1.807, 2.05) is 13.1 Å².